The fraction of sp³-hybridized carbons (Fsp3) is 0.0333. The van der Waals surface area contributed by atoms with Gasteiger partial charge in [-0.1, -0.05) is 66.7 Å². The highest BCUT2D eigenvalue weighted by Gasteiger charge is 2.10. The second kappa shape index (κ2) is 11.7. The molecule has 1 amide bonds. The highest BCUT2D eigenvalue weighted by Crippen LogP contribution is 2.28. The lowest BCUT2D eigenvalue weighted by Gasteiger charge is -2.10. The minimum Gasteiger partial charge on any atom is -0.489 e. The van der Waals surface area contributed by atoms with Crippen LogP contribution in [0, 0.1) is 0 Å². The third-order valence-corrected chi connectivity index (χ3v) is 6.70. The molecule has 0 radical (unpaired) electrons. The first kappa shape index (κ1) is 25.2. The summed E-state index contributed by atoms with van der Waals surface area (Å²) in [7, 11) is 0. The number of anilines is 2. The molecule has 1 aromatic heterocycles. The molecule has 2 N–H and O–H groups in total. The number of carbonyl (C=O) groups excluding carboxylic acids is 1. The molecule has 0 atom stereocenters. The molecule has 0 saturated carbocycles. The maximum absolute atomic E-state index is 12.7. The largest absolute Gasteiger partial charge is 0.489 e. The number of benzene rings is 4. The van der Waals surface area contributed by atoms with Crippen LogP contribution in [0.15, 0.2) is 108 Å². The summed E-state index contributed by atoms with van der Waals surface area (Å²) in [4.78, 5) is 17.4. The van der Waals surface area contributed by atoms with Gasteiger partial charge in [0.25, 0.3) is 5.91 Å². The van der Waals surface area contributed by atoms with Gasteiger partial charge in [0.05, 0.1) is 11.9 Å². The lowest BCUT2D eigenvalue weighted by atomic mass is 10.0. The number of hydrogen-bond donors (Lipinski definition) is 2. The topological polar surface area (TPSA) is 75.6 Å². The van der Waals surface area contributed by atoms with E-state index in [1.165, 1.54) is 11.3 Å². The average molecular weight is 539 g/mol. The van der Waals surface area contributed by atoms with Gasteiger partial charge < -0.3 is 10.1 Å². The minimum atomic E-state index is -0.315. The van der Waals surface area contributed by atoms with Crippen molar-refractivity contribution in [3.05, 3.63) is 119 Å². The van der Waals surface area contributed by atoms with Crippen molar-refractivity contribution in [2.24, 2.45) is 5.10 Å². The second-order valence-electron chi connectivity index (χ2n) is 8.24. The van der Waals surface area contributed by atoms with Gasteiger partial charge in [0.1, 0.15) is 12.4 Å². The summed E-state index contributed by atoms with van der Waals surface area (Å²) >= 11 is 7.45. The number of rotatable bonds is 9. The molecule has 0 saturated heterocycles. The number of halogens is 1. The Bertz CT molecular complexity index is 1610. The normalized spacial score (nSPS) is 11.0. The first-order chi connectivity index (χ1) is 18.6. The Hall–Kier alpha value is -4.46. The van der Waals surface area contributed by atoms with Crippen molar-refractivity contribution >= 4 is 56.7 Å². The zero-order valence-corrected chi connectivity index (χ0v) is 21.8. The Labute approximate surface area is 229 Å². The first-order valence-corrected chi connectivity index (χ1v) is 13.0. The van der Waals surface area contributed by atoms with E-state index < -0.39 is 0 Å². The van der Waals surface area contributed by atoms with Crippen molar-refractivity contribution in [2.75, 3.05) is 11.9 Å². The van der Waals surface area contributed by atoms with Crippen molar-refractivity contribution in [1.82, 2.24) is 10.4 Å². The highest BCUT2D eigenvalue weighted by atomic mass is 35.5. The maximum atomic E-state index is 12.7. The van der Waals surface area contributed by atoms with Gasteiger partial charge in [0, 0.05) is 32.8 Å². The molecule has 0 bridgehead atoms. The number of fused-ring (bicyclic) bond motifs is 1. The number of nitrogens with zero attached hydrogens (tertiary/aromatic N) is 2. The van der Waals surface area contributed by atoms with Gasteiger partial charge in [-0.2, -0.15) is 5.10 Å². The Kier molecular flexibility index (Phi) is 7.78. The molecule has 5 rings (SSSR count). The van der Waals surface area contributed by atoms with E-state index in [-0.39, 0.29) is 5.91 Å². The predicted octanol–water partition coefficient (Wildman–Crippen LogP) is 7.69. The Morgan fingerprint density at radius 2 is 1.82 bits per heavy atom. The quantitative estimate of drug-likeness (QED) is 0.115. The van der Waals surface area contributed by atoms with Gasteiger partial charge >= 0.3 is 0 Å². The van der Waals surface area contributed by atoms with Gasteiger partial charge in [-0.05, 0) is 53.2 Å². The predicted molar refractivity (Wildman–Crippen MR) is 157 cm³/mol. The van der Waals surface area contributed by atoms with Crippen LogP contribution in [0.2, 0.25) is 5.02 Å². The molecule has 188 valence electrons. The van der Waals surface area contributed by atoms with Crippen molar-refractivity contribution in [2.45, 2.75) is 0 Å². The van der Waals surface area contributed by atoms with Crippen molar-refractivity contribution < 1.29 is 9.53 Å². The third kappa shape index (κ3) is 5.91. The zero-order valence-electron chi connectivity index (χ0n) is 20.2. The third-order valence-electron chi connectivity index (χ3n) is 5.69. The number of aromatic nitrogens is 1. The molecular weight excluding hydrogens is 516 g/mol. The van der Waals surface area contributed by atoms with E-state index in [4.69, 9.17) is 16.3 Å². The van der Waals surface area contributed by atoms with E-state index in [0.717, 1.165) is 38.4 Å². The summed E-state index contributed by atoms with van der Waals surface area (Å²) in [6.45, 7) is 4.08. The number of thiazole rings is 1. The monoisotopic (exact) mass is 538 g/mol. The van der Waals surface area contributed by atoms with Crippen LogP contribution in [0.25, 0.3) is 22.0 Å². The zero-order chi connectivity index (χ0) is 26.3. The molecule has 6 nitrogen and oxygen atoms in total. The SMILES string of the molecule is C=CCOc1ccc2ccccc2c1/C=N\NC(=O)c1ccc(-c2csc(Nc3ccc(Cl)cc3)n2)cc1. The van der Waals surface area contributed by atoms with Gasteiger partial charge in [0.15, 0.2) is 5.13 Å². The van der Waals surface area contributed by atoms with Crippen LogP contribution in [-0.2, 0) is 0 Å². The Balaban J connectivity index is 1.26. The lowest BCUT2D eigenvalue weighted by molar-refractivity contribution is 0.0955. The molecule has 0 fully saturated rings. The molecule has 1 heterocycles. The highest BCUT2D eigenvalue weighted by molar-refractivity contribution is 7.14. The van der Waals surface area contributed by atoms with Crippen LogP contribution < -0.4 is 15.5 Å². The first-order valence-electron chi connectivity index (χ1n) is 11.8. The molecule has 38 heavy (non-hydrogen) atoms. The summed E-state index contributed by atoms with van der Waals surface area (Å²) in [5.74, 6) is 0.351. The van der Waals surface area contributed by atoms with Gasteiger partial charge in [-0.3, -0.25) is 4.79 Å². The van der Waals surface area contributed by atoms with Crippen LogP contribution >= 0.6 is 22.9 Å². The molecule has 0 spiro atoms. The van der Waals surface area contributed by atoms with Crippen molar-refractivity contribution in [3.8, 4) is 17.0 Å². The van der Waals surface area contributed by atoms with Crippen LogP contribution in [0.5, 0.6) is 5.75 Å². The number of hydrogen-bond acceptors (Lipinski definition) is 6. The summed E-state index contributed by atoms with van der Waals surface area (Å²) in [5.41, 5.74) is 6.52. The van der Waals surface area contributed by atoms with Crippen LogP contribution in [-0.4, -0.2) is 23.7 Å². The Morgan fingerprint density at radius 3 is 2.61 bits per heavy atom. The number of hydrazone groups is 1. The molecule has 0 unspecified atom stereocenters. The van der Waals surface area contributed by atoms with Gasteiger partial charge in [0.2, 0.25) is 0 Å². The van der Waals surface area contributed by atoms with Crippen LogP contribution in [0.4, 0.5) is 10.8 Å². The van der Waals surface area contributed by atoms with Crippen LogP contribution in [0.3, 0.4) is 0 Å². The van der Waals surface area contributed by atoms with E-state index in [2.05, 4.69) is 27.4 Å². The van der Waals surface area contributed by atoms with E-state index in [0.29, 0.717) is 22.9 Å². The number of carbonyl (C=O) groups is 1. The molecular formula is C30H23ClN4O2S. The summed E-state index contributed by atoms with van der Waals surface area (Å²) in [6.07, 6.45) is 3.29. The van der Waals surface area contributed by atoms with Crippen molar-refractivity contribution in [3.63, 3.8) is 0 Å². The molecule has 5 aromatic rings. The van der Waals surface area contributed by atoms with Crippen molar-refractivity contribution in [1.29, 1.82) is 0 Å². The standard InChI is InChI=1S/C30H23ClN4O2S/c1-2-17-37-28-16-11-20-5-3-4-6-25(20)26(28)18-32-35-29(36)22-9-7-21(8-10-22)27-19-38-30(34-27)33-24-14-12-23(31)13-15-24/h2-16,18-19H,1,17H2,(H,33,34)(H,35,36)/b32-18-. The van der Waals surface area contributed by atoms with Gasteiger partial charge in [-0.15, -0.1) is 11.3 Å². The summed E-state index contributed by atoms with van der Waals surface area (Å²) in [5, 5.41) is 12.9. The fourth-order valence-electron chi connectivity index (χ4n) is 3.82. The van der Waals surface area contributed by atoms with E-state index in [9.17, 15) is 4.79 Å². The molecule has 8 heteroatoms. The smallest absolute Gasteiger partial charge is 0.271 e. The number of ether oxygens (including phenoxy) is 1. The molecule has 0 aliphatic carbocycles. The van der Waals surface area contributed by atoms with E-state index >= 15 is 0 Å². The fourth-order valence-corrected chi connectivity index (χ4v) is 4.68. The van der Waals surface area contributed by atoms with Gasteiger partial charge in [-0.25, -0.2) is 10.4 Å². The minimum absolute atomic E-state index is 0.315. The number of amides is 1. The molecule has 0 aliphatic heterocycles. The summed E-state index contributed by atoms with van der Waals surface area (Å²) < 4.78 is 5.79. The number of nitrogens with one attached hydrogen (secondary N) is 2. The lowest BCUT2D eigenvalue weighted by Crippen LogP contribution is -2.17. The maximum Gasteiger partial charge on any atom is 0.271 e. The molecule has 4 aromatic carbocycles. The Morgan fingerprint density at radius 1 is 1.03 bits per heavy atom. The van der Waals surface area contributed by atoms with E-state index in [1.807, 2.05) is 78.2 Å². The molecule has 0 aliphatic rings. The second-order valence-corrected chi connectivity index (χ2v) is 9.54. The summed E-state index contributed by atoms with van der Waals surface area (Å²) in [6, 6.07) is 26.5. The van der Waals surface area contributed by atoms with Crippen LogP contribution in [0.1, 0.15) is 15.9 Å². The van der Waals surface area contributed by atoms with E-state index in [1.54, 1.807) is 24.4 Å². The average Bonchev–Trinajstić information content (AvgIpc) is 3.42.